The number of halogens is 1. The van der Waals surface area contributed by atoms with E-state index < -0.39 is 6.10 Å². The van der Waals surface area contributed by atoms with E-state index in [-0.39, 0.29) is 11.6 Å². The second-order valence-corrected chi connectivity index (χ2v) is 7.51. The minimum absolute atomic E-state index is 0.188. The van der Waals surface area contributed by atoms with Crippen LogP contribution in [0.4, 0.5) is 21.8 Å². The number of hydrogen-bond donors (Lipinski definition) is 1. The Labute approximate surface area is 183 Å². The third kappa shape index (κ3) is 2.86. The quantitative estimate of drug-likeness (QED) is 0.455. The van der Waals surface area contributed by atoms with Crippen LogP contribution in [0.3, 0.4) is 0 Å². The summed E-state index contributed by atoms with van der Waals surface area (Å²) in [5, 5.41) is 18.9. The third-order valence-corrected chi connectivity index (χ3v) is 5.55. The molecule has 0 amide bonds. The van der Waals surface area contributed by atoms with Gasteiger partial charge >= 0.3 is 0 Å². The number of nitrogens with zero attached hydrogens (tertiary/aromatic N) is 7. The lowest BCUT2D eigenvalue weighted by Gasteiger charge is -2.24. The number of aromatic nitrogens is 5. The minimum Gasteiger partial charge on any atom is -0.482 e. The molecule has 0 saturated heterocycles. The molecule has 1 unspecified atom stereocenters. The number of nitrogen functional groups attached to an aromatic ring is 1. The van der Waals surface area contributed by atoms with Gasteiger partial charge in [0.15, 0.2) is 17.4 Å². The molecular weight excluding hydrogens is 411 g/mol. The van der Waals surface area contributed by atoms with Gasteiger partial charge in [0.2, 0.25) is 0 Å². The van der Waals surface area contributed by atoms with Crippen LogP contribution in [0.2, 0.25) is 0 Å². The van der Waals surface area contributed by atoms with E-state index in [1.165, 1.54) is 16.8 Å². The van der Waals surface area contributed by atoms with Crippen LogP contribution < -0.4 is 15.4 Å². The van der Waals surface area contributed by atoms with Gasteiger partial charge in [0.05, 0.1) is 17.4 Å². The lowest BCUT2D eigenvalue weighted by molar-refractivity contribution is 0.227. The highest BCUT2D eigenvalue weighted by Gasteiger charge is 2.27. The third-order valence-electron chi connectivity index (χ3n) is 5.55. The van der Waals surface area contributed by atoms with Crippen LogP contribution in [0, 0.1) is 17.1 Å². The van der Waals surface area contributed by atoms with E-state index in [9.17, 15) is 9.65 Å². The second-order valence-electron chi connectivity index (χ2n) is 7.51. The van der Waals surface area contributed by atoms with Gasteiger partial charge in [-0.3, -0.25) is 4.68 Å². The molecule has 1 aromatic carbocycles. The number of rotatable bonds is 0. The average molecular weight is 430 g/mol. The van der Waals surface area contributed by atoms with Crippen LogP contribution in [0.1, 0.15) is 24.3 Å². The molecule has 0 spiro atoms. The molecule has 4 aromatic rings. The molecule has 0 fully saturated rings. The molecule has 0 radical (unpaired) electrons. The zero-order valence-electron chi connectivity index (χ0n) is 17.6. The molecular formula is C22H19FN8O. The van der Waals surface area contributed by atoms with Gasteiger partial charge in [-0.2, -0.15) is 15.5 Å². The molecule has 3 aromatic heterocycles. The van der Waals surface area contributed by atoms with Crippen molar-refractivity contribution in [1.29, 1.82) is 5.26 Å². The summed E-state index contributed by atoms with van der Waals surface area (Å²) < 4.78 is 23.6. The van der Waals surface area contributed by atoms with Crippen LogP contribution in [0.25, 0.3) is 16.8 Å². The number of ether oxygens (including phenoxy) is 1. The van der Waals surface area contributed by atoms with Gasteiger partial charge in [-0.25, -0.2) is 14.1 Å². The SMILES string of the molecule is CC1Oc2cc(cnc2N)-c2c(nn(C)c2C#N)N(C)c2ccnn2-c2ccc(F)cc21. The molecule has 0 saturated carbocycles. The zero-order chi connectivity index (χ0) is 22.6. The first-order valence-corrected chi connectivity index (χ1v) is 9.86. The Morgan fingerprint density at radius 2 is 2.03 bits per heavy atom. The van der Waals surface area contributed by atoms with Gasteiger partial charge in [0.1, 0.15) is 29.5 Å². The molecule has 1 atom stereocenters. The molecule has 2 N–H and O–H groups in total. The monoisotopic (exact) mass is 430 g/mol. The first kappa shape index (κ1) is 19.6. The molecule has 32 heavy (non-hydrogen) atoms. The van der Waals surface area contributed by atoms with Gasteiger partial charge < -0.3 is 15.4 Å². The number of hydrogen-bond acceptors (Lipinski definition) is 7. The lowest BCUT2D eigenvalue weighted by atomic mass is 10.1. The first-order chi connectivity index (χ1) is 15.4. The summed E-state index contributed by atoms with van der Waals surface area (Å²) in [6.45, 7) is 1.80. The van der Waals surface area contributed by atoms with Crippen LogP contribution in [0.5, 0.6) is 5.75 Å². The Hall–Kier alpha value is -4.39. The molecule has 4 heterocycles. The first-order valence-electron chi connectivity index (χ1n) is 9.86. The summed E-state index contributed by atoms with van der Waals surface area (Å²) in [6, 6.07) is 10.2. The number of aryl methyl sites for hydroxylation is 1. The fourth-order valence-corrected chi connectivity index (χ4v) is 3.97. The van der Waals surface area contributed by atoms with Crippen molar-refractivity contribution in [2.24, 2.45) is 7.05 Å². The van der Waals surface area contributed by atoms with E-state index in [1.54, 1.807) is 43.2 Å². The van der Waals surface area contributed by atoms with Gasteiger partial charge in [0.25, 0.3) is 0 Å². The predicted molar refractivity (Wildman–Crippen MR) is 116 cm³/mol. The summed E-state index contributed by atoms with van der Waals surface area (Å²) in [5.74, 6) is 1.33. The number of benzene rings is 1. The number of anilines is 3. The number of pyridine rings is 1. The van der Waals surface area contributed by atoms with Gasteiger partial charge in [-0.15, -0.1) is 0 Å². The van der Waals surface area contributed by atoms with Crippen molar-refractivity contribution in [3.63, 3.8) is 0 Å². The van der Waals surface area contributed by atoms with Crippen LogP contribution >= 0.6 is 0 Å². The molecule has 10 heteroatoms. The van der Waals surface area contributed by atoms with E-state index >= 15 is 0 Å². The normalized spacial score (nSPS) is 14.8. The van der Waals surface area contributed by atoms with E-state index in [0.29, 0.717) is 45.5 Å². The number of nitriles is 1. The van der Waals surface area contributed by atoms with E-state index in [2.05, 4.69) is 21.3 Å². The molecule has 5 rings (SSSR count). The smallest absolute Gasteiger partial charge is 0.166 e. The summed E-state index contributed by atoms with van der Waals surface area (Å²) in [4.78, 5) is 6.11. The van der Waals surface area contributed by atoms with Crippen molar-refractivity contribution < 1.29 is 9.13 Å². The van der Waals surface area contributed by atoms with Crippen molar-refractivity contribution in [1.82, 2.24) is 24.5 Å². The molecule has 9 nitrogen and oxygen atoms in total. The van der Waals surface area contributed by atoms with Crippen molar-refractivity contribution in [2.45, 2.75) is 13.0 Å². The fraction of sp³-hybridized carbons (Fsp3) is 0.182. The predicted octanol–water partition coefficient (Wildman–Crippen LogP) is 3.48. The van der Waals surface area contributed by atoms with Gasteiger partial charge in [0, 0.05) is 37.5 Å². The zero-order valence-corrected chi connectivity index (χ0v) is 17.6. The van der Waals surface area contributed by atoms with Crippen LogP contribution in [-0.2, 0) is 7.05 Å². The summed E-state index contributed by atoms with van der Waals surface area (Å²) >= 11 is 0. The molecule has 1 aliphatic heterocycles. The van der Waals surface area contributed by atoms with Crippen molar-refractivity contribution in [2.75, 3.05) is 17.7 Å². The molecule has 0 aliphatic carbocycles. The standard InChI is InChI=1S/C22H19FN8O/c1-12-15-9-14(23)4-5-16(15)31-19(6-7-27-31)29(2)22-20(17(10-24)30(3)28-22)13-8-18(32-12)21(25)26-11-13/h4-9,11-12H,1-3H3,(H2,25,26). The highest BCUT2D eigenvalue weighted by atomic mass is 19.1. The van der Waals surface area contributed by atoms with Crippen LogP contribution in [-0.4, -0.2) is 31.6 Å². The highest BCUT2D eigenvalue weighted by molar-refractivity contribution is 5.84. The maximum atomic E-state index is 14.2. The lowest BCUT2D eigenvalue weighted by Crippen LogP contribution is -2.18. The molecule has 1 aliphatic rings. The Balaban J connectivity index is 1.87. The Morgan fingerprint density at radius 3 is 2.81 bits per heavy atom. The largest absolute Gasteiger partial charge is 0.482 e. The number of fused-ring (bicyclic) bond motifs is 7. The summed E-state index contributed by atoms with van der Waals surface area (Å²) in [5.41, 5.74) is 8.90. The topological polar surface area (TPSA) is 111 Å². The van der Waals surface area contributed by atoms with Gasteiger partial charge in [-0.1, -0.05) is 0 Å². The summed E-state index contributed by atoms with van der Waals surface area (Å²) in [7, 11) is 3.54. The Kier molecular flexibility index (Phi) is 4.34. The Bertz CT molecular complexity index is 1400. The number of nitrogens with two attached hydrogens (primary N) is 1. The average Bonchev–Trinajstić information content (AvgIpc) is 3.38. The van der Waals surface area contributed by atoms with Crippen molar-refractivity contribution in [3.05, 3.63) is 59.8 Å². The van der Waals surface area contributed by atoms with Gasteiger partial charge in [-0.05, 0) is 31.2 Å². The minimum atomic E-state index is -0.564. The molecule has 2 bridgehead atoms. The summed E-state index contributed by atoms with van der Waals surface area (Å²) in [6.07, 6.45) is 2.67. The van der Waals surface area contributed by atoms with Crippen molar-refractivity contribution >= 4 is 17.5 Å². The maximum Gasteiger partial charge on any atom is 0.166 e. The van der Waals surface area contributed by atoms with Crippen LogP contribution in [0.15, 0.2) is 42.7 Å². The van der Waals surface area contributed by atoms with E-state index in [0.717, 1.165) is 0 Å². The second kappa shape index (κ2) is 7.09. The van der Waals surface area contributed by atoms with E-state index in [4.69, 9.17) is 10.5 Å². The Morgan fingerprint density at radius 1 is 1.22 bits per heavy atom. The van der Waals surface area contributed by atoms with E-state index in [1.807, 2.05) is 18.0 Å². The van der Waals surface area contributed by atoms with Crippen molar-refractivity contribution in [3.8, 4) is 28.6 Å². The molecule has 160 valence electrons. The maximum absolute atomic E-state index is 14.2. The highest BCUT2D eigenvalue weighted by Crippen LogP contribution is 2.40. The fourth-order valence-electron chi connectivity index (χ4n) is 3.97.